The first-order valence-corrected chi connectivity index (χ1v) is 42.1. The number of quaternary nitrogens is 1. The van der Waals surface area contributed by atoms with Crippen LogP contribution in [0.3, 0.4) is 0 Å². The number of ether oxygens (including phenoxy) is 1. The standard InChI is InChI=1S/C83H157N2O7P/c1-7-10-13-16-19-22-25-28-30-32-34-36-38-40-42-44-46-48-50-52-54-57-60-63-66-69-72-75-82(86)84-80(79-91-93(88,89)90-78-77-85(4,5)6)81(74-71-68-65-62-59-56-27-24-21-18-15-12-9-3)92-83(87)76-73-70-67-64-61-58-55-53-51-49-47-45-43-41-39-37-35-33-31-29-26-23-20-17-14-11-8-2/h19,22,28,30,34,36,40,42,71,74,80-81H,7-18,20-21,23-27,29,31-33,35,37-39,41,43-70,72-73,75-79H2,1-6H3,(H-,84,86,88,89)/p+1/b22-19-,30-28-,36-34-,42-40-,74-71+. The van der Waals surface area contributed by atoms with Crippen LogP contribution in [0.5, 0.6) is 0 Å². The summed E-state index contributed by atoms with van der Waals surface area (Å²) in [5.74, 6) is -0.488. The molecule has 93 heavy (non-hydrogen) atoms. The zero-order valence-corrected chi connectivity index (χ0v) is 63.7. The SMILES string of the molecule is CCCCC/C=C\C/C=C\C/C=C\C/C=C\CCCCCCCCCCCCCC(=O)NC(COP(=O)(O)OCC[N+](C)(C)C)C(/C=C/CCCCCCCCCCCCC)OC(=O)CCCCCCCCCCCCCCCCCCCCCCCCCCCCC. The van der Waals surface area contributed by atoms with Crippen molar-refractivity contribution < 1.29 is 37.3 Å². The third kappa shape index (κ3) is 73.8. The molecule has 0 aliphatic heterocycles. The number of nitrogens with zero attached hydrogens (tertiary/aromatic N) is 1. The maximum absolute atomic E-state index is 13.7. The lowest BCUT2D eigenvalue weighted by atomic mass is 10.0. The zero-order valence-electron chi connectivity index (χ0n) is 62.8. The summed E-state index contributed by atoms with van der Waals surface area (Å²) in [6, 6.07) is -0.851. The largest absolute Gasteiger partial charge is 0.472 e. The number of rotatable bonds is 75. The quantitative estimate of drug-likeness (QED) is 0.0205. The lowest BCUT2D eigenvalue weighted by molar-refractivity contribution is -0.870. The Labute approximate surface area is 579 Å². The van der Waals surface area contributed by atoms with E-state index in [1.54, 1.807) is 0 Å². The average Bonchev–Trinajstić information content (AvgIpc) is 2.31. The number of esters is 1. The molecule has 3 unspecified atom stereocenters. The van der Waals surface area contributed by atoms with Crippen LogP contribution in [0.25, 0.3) is 0 Å². The molecule has 3 atom stereocenters. The van der Waals surface area contributed by atoms with Crippen LogP contribution in [0.2, 0.25) is 0 Å². The van der Waals surface area contributed by atoms with E-state index < -0.39 is 20.0 Å². The highest BCUT2D eigenvalue weighted by molar-refractivity contribution is 7.47. The van der Waals surface area contributed by atoms with E-state index >= 15 is 0 Å². The number of carbonyl (C=O) groups is 2. The number of phosphoric acid groups is 1. The molecule has 546 valence electrons. The highest BCUT2D eigenvalue weighted by Crippen LogP contribution is 2.43. The van der Waals surface area contributed by atoms with Crippen molar-refractivity contribution in [1.29, 1.82) is 0 Å². The van der Waals surface area contributed by atoms with Crippen LogP contribution < -0.4 is 5.32 Å². The Bertz CT molecular complexity index is 1770. The first-order chi connectivity index (χ1) is 45.4. The van der Waals surface area contributed by atoms with Crippen LogP contribution in [0.1, 0.15) is 406 Å². The van der Waals surface area contributed by atoms with Gasteiger partial charge in [-0.2, -0.15) is 0 Å². The van der Waals surface area contributed by atoms with Crippen LogP contribution in [-0.4, -0.2) is 74.3 Å². The monoisotopic (exact) mass is 1330 g/mol. The Hall–Kier alpha value is -2.29. The van der Waals surface area contributed by atoms with Gasteiger partial charge in [0.05, 0.1) is 33.8 Å². The normalized spacial score (nSPS) is 13.7. The molecule has 0 aromatic rings. The van der Waals surface area contributed by atoms with Crippen molar-refractivity contribution >= 4 is 19.7 Å². The average molecular weight is 1330 g/mol. The molecule has 0 aromatic carbocycles. The number of likely N-dealkylation sites (N-methyl/N-ethyl adjacent to an activating group) is 1. The minimum absolute atomic E-state index is 0.0407. The summed E-state index contributed by atoms with van der Waals surface area (Å²) < 4.78 is 31.0. The molecule has 0 rings (SSSR count). The lowest BCUT2D eigenvalue weighted by Gasteiger charge is -2.27. The minimum Gasteiger partial charge on any atom is -0.456 e. The number of amides is 1. The maximum atomic E-state index is 13.7. The molecule has 0 saturated carbocycles. The van der Waals surface area contributed by atoms with E-state index in [9.17, 15) is 19.0 Å². The molecule has 2 N–H and O–H groups in total. The third-order valence-electron chi connectivity index (χ3n) is 18.5. The molecule has 0 fully saturated rings. The smallest absolute Gasteiger partial charge is 0.456 e. The number of hydrogen-bond acceptors (Lipinski definition) is 6. The molecule has 0 saturated heterocycles. The molecule has 0 spiro atoms. The van der Waals surface area contributed by atoms with Crippen molar-refractivity contribution in [2.75, 3.05) is 40.9 Å². The van der Waals surface area contributed by atoms with Gasteiger partial charge in [-0.1, -0.05) is 377 Å². The van der Waals surface area contributed by atoms with Crippen LogP contribution in [0.4, 0.5) is 0 Å². The maximum Gasteiger partial charge on any atom is 0.472 e. The fourth-order valence-corrected chi connectivity index (χ4v) is 13.0. The molecule has 9 nitrogen and oxygen atoms in total. The number of nitrogens with one attached hydrogen (secondary N) is 1. The summed E-state index contributed by atoms with van der Waals surface area (Å²) in [5.41, 5.74) is 0. The molecule has 0 aliphatic carbocycles. The molecule has 1 amide bonds. The molecular weight excluding hydrogens is 1170 g/mol. The zero-order chi connectivity index (χ0) is 67.8. The van der Waals surface area contributed by atoms with E-state index in [-0.39, 0.29) is 25.1 Å². The van der Waals surface area contributed by atoms with E-state index in [2.05, 4.69) is 80.8 Å². The van der Waals surface area contributed by atoms with Crippen molar-refractivity contribution in [2.24, 2.45) is 0 Å². The van der Waals surface area contributed by atoms with Crippen molar-refractivity contribution in [3.8, 4) is 0 Å². The Balaban J connectivity index is 4.93. The van der Waals surface area contributed by atoms with Crippen LogP contribution >= 0.6 is 7.82 Å². The van der Waals surface area contributed by atoms with Gasteiger partial charge in [-0.3, -0.25) is 18.6 Å². The van der Waals surface area contributed by atoms with Gasteiger partial charge < -0.3 is 19.4 Å². The molecule has 0 aliphatic rings. The minimum atomic E-state index is -4.46. The number of unbranched alkanes of at least 4 members (excludes halogenated alkanes) is 51. The Morgan fingerprint density at radius 3 is 1.00 bits per heavy atom. The van der Waals surface area contributed by atoms with Crippen LogP contribution in [0.15, 0.2) is 60.8 Å². The summed E-state index contributed by atoms with van der Waals surface area (Å²) in [6.45, 7) is 7.05. The number of phosphoric ester groups is 1. The fraction of sp³-hybridized carbons (Fsp3) is 0.855. The van der Waals surface area contributed by atoms with E-state index in [0.717, 1.165) is 77.0 Å². The number of allylic oxidation sites excluding steroid dienone is 9. The van der Waals surface area contributed by atoms with E-state index in [4.69, 9.17) is 13.8 Å². The summed E-state index contributed by atoms with van der Waals surface area (Å²) >= 11 is 0. The Kier molecular flexibility index (Phi) is 70.7. The molecule has 0 radical (unpaired) electrons. The second-order valence-corrected chi connectivity index (χ2v) is 30.4. The third-order valence-corrected chi connectivity index (χ3v) is 19.4. The summed E-state index contributed by atoms with van der Waals surface area (Å²) in [6.07, 6.45) is 95.4. The van der Waals surface area contributed by atoms with Gasteiger partial charge in [0.15, 0.2) is 0 Å². The van der Waals surface area contributed by atoms with Gasteiger partial charge in [0.25, 0.3) is 0 Å². The van der Waals surface area contributed by atoms with Crippen molar-refractivity contribution in [3.63, 3.8) is 0 Å². The first-order valence-electron chi connectivity index (χ1n) is 40.6. The molecular formula is C83H158N2O7P+. The Morgan fingerprint density at radius 1 is 0.376 bits per heavy atom. The summed E-state index contributed by atoms with van der Waals surface area (Å²) in [5, 5.41) is 3.09. The summed E-state index contributed by atoms with van der Waals surface area (Å²) in [4.78, 5) is 38.1. The topological polar surface area (TPSA) is 111 Å². The second-order valence-electron chi connectivity index (χ2n) is 29.0. The molecule has 0 bridgehead atoms. The van der Waals surface area contributed by atoms with Gasteiger partial charge in [0, 0.05) is 12.8 Å². The van der Waals surface area contributed by atoms with Gasteiger partial charge >= 0.3 is 13.8 Å². The fourth-order valence-electron chi connectivity index (χ4n) is 12.2. The predicted octanol–water partition coefficient (Wildman–Crippen LogP) is 26.5. The Morgan fingerprint density at radius 2 is 0.656 bits per heavy atom. The first kappa shape index (κ1) is 90.7. The van der Waals surface area contributed by atoms with Crippen LogP contribution in [-0.2, 0) is 27.9 Å². The highest BCUT2D eigenvalue weighted by Gasteiger charge is 2.30. The second kappa shape index (κ2) is 72.5. The lowest BCUT2D eigenvalue weighted by Crippen LogP contribution is -2.47. The van der Waals surface area contributed by atoms with Crippen molar-refractivity contribution in [3.05, 3.63) is 60.8 Å². The van der Waals surface area contributed by atoms with Gasteiger partial charge in [-0.05, 0) is 76.7 Å². The van der Waals surface area contributed by atoms with Gasteiger partial charge in [-0.15, -0.1) is 0 Å². The molecule has 0 aromatic heterocycles. The molecule has 10 heteroatoms. The van der Waals surface area contributed by atoms with E-state index in [0.29, 0.717) is 23.9 Å². The number of carbonyl (C=O) groups excluding carboxylic acids is 2. The van der Waals surface area contributed by atoms with Crippen molar-refractivity contribution in [1.82, 2.24) is 5.32 Å². The number of hydrogen-bond donors (Lipinski definition) is 2. The predicted molar refractivity (Wildman–Crippen MR) is 406 cm³/mol. The van der Waals surface area contributed by atoms with Crippen molar-refractivity contribution in [2.45, 2.75) is 418 Å². The van der Waals surface area contributed by atoms with E-state index in [1.165, 1.54) is 295 Å². The van der Waals surface area contributed by atoms with Gasteiger partial charge in [-0.25, -0.2) is 4.57 Å². The van der Waals surface area contributed by atoms with Gasteiger partial charge in [0.1, 0.15) is 19.3 Å². The highest BCUT2D eigenvalue weighted by atomic mass is 31.2. The summed E-state index contributed by atoms with van der Waals surface area (Å²) in [7, 11) is 1.51. The molecule has 0 heterocycles. The van der Waals surface area contributed by atoms with Crippen LogP contribution in [0, 0.1) is 0 Å². The van der Waals surface area contributed by atoms with Gasteiger partial charge in [0.2, 0.25) is 5.91 Å². The van der Waals surface area contributed by atoms with E-state index in [1.807, 2.05) is 27.2 Å².